The van der Waals surface area contributed by atoms with E-state index >= 15 is 0 Å². The third-order valence-corrected chi connectivity index (χ3v) is 1.72. The van der Waals surface area contributed by atoms with Crippen LogP contribution in [0.15, 0.2) is 4.99 Å². The maximum absolute atomic E-state index is 11.2. The number of nitrogens with two attached hydrogens (primary N) is 3. The van der Waals surface area contributed by atoms with Crippen molar-refractivity contribution in [2.24, 2.45) is 22.2 Å². The predicted octanol–water partition coefficient (Wildman–Crippen LogP) is -0.679. The van der Waals surface area contributed by atoms with Crippen molar-refractivity contribution in [3.05, 3.63) is 0 Å². The number of carbonyl (C=O) groups excluding carboxylic acids is 1. The van der Waals surface area contributed by atoms with E-state index in [1.807, 2.05) is 6.92 Å². The topological polar surface area (TPSA) is 117 Å². The molecule has 0 aliphatic rings. The summed E-state index contributed by atoms with van der Waals surface area (Å²) < 4.78 is 4.88. The van der Waals surface area contributed by atoms with Crippen molar-refractivity contribution in [3.8, 4) is 0 Å². The molecule has 88 valence electrons. The highest BCUT2D eigenvalue weighted by Gasteiger charge is 2.13. The second kappa shape index (κ2) is 8.05. The summed E-state index contributed by atoms with van der Waals surface area (Å²) in [5, 5.41) is 0. The Kier molecular flexibility index (Phi) is 7.35. The fraction of sp³-hybridized carbons (Fsp3) is 0.778. The number of esters is 1. The Hall–Kier alpha value is -1.30. The lowest BCUT2D eigenvalue weighted by atomic mass is 10.2. The van der Waals surface area contributed by atoms with Crippen LogP contribution in [0.4, 0.5) is 0 Å². The largest absolute Gasteiger partial charge is 0.465 e. The Morgan fingerprint density at radius 1 is 1.47 bits per heavy atom. The Morgan fingerprint density at radius 3 is 2.67 bits per heavy atom. The number of nitrogens with zero attached hydrogens (tertiary/aromatic N) is 1. The van der Waals surface area contributed by atoms with Gasteiger partial charge in [0, 0.05) is 6.54 Å². The molecule has 0 fully saturated rings. The molecule has 0 aromatic heterocycles. The maximum Gasteiger partial charge on any atom is 0.322 e. The van der Waals surface area contributed by atoms with Gasteiger partial charge >= 0.3 is 5.97 Å². The van der Waals surface area contributed by atoms with Gasteiger partial charge in [0.2, 0.25) is 0 Å². The number of rotatable bonds is 7. The summed E-state index contributed by atoms with van der Waals surface area (Å²) in [7, 11) is 0. The van der Waals surface area contributed by atoms with Crippen LogP contribution in [0.2, 0.25) is 0 Å². The zero-order valence-corrected chi connectivity index (χ0v) is 9.11. The molecule has 6 heteroatoms. The second-order valence-corrected chi connectivity index (χ2v) is 3.22. The van der Waals surface area contributed by atoms with Crippen LogP contribution in [0.25, 0.3) is 0 Å². The number of guanidine groups is 1. The molecule has 0 heterocycles. The molecule has 15 heavy (non-hydrogen) atoms. The second-order valence-electron chi connectivity index (χ2n) is 3.22. The van der Waals surface area contributed by atoms with Gasteiger partial charge in [-0.15, -0.1) is 0 Å². The normalized spacial score (nSPS) is 11.9. The average Bonchev–Trinajstić information content (AvgIpc) is 2.20. The molecule has 0 radical (unpaired) electrons. The van der Waals surface area contributed by atoms with Crippen molar-refractivity contribution in [2.45, 2.75) is 32.2 Å². The van der Waals surface area contributed by atoms with Gasteiger partial charge in [0.1, 0.15) is 6.04 Å². The van der Waals surface area contributed by atoms with Crippen molar-refractivity contribution in [2.75, 3.05) is 13.2 Å². The lowest BCUT2D eigenvalue weighted by Crippen LogP contribution is -2.32. The quantitative estimate of drug-likeness (QED) is 0.225. The monoisotopic (exact) mass is 216 g/mol. The molecule has 0 amide bonds. The number of hydrogen-bond acceptors (Lipinski definition) is 4. The van der Waals surface area contributed by atoms with Crippen LogP contribution in [0.1, 0.15) is 26.2 Å². The molecule has 1 atom stereocenters. The first kappa shape index (κ1) is 13.7. The van der Waals surface area contributed by atoms with Gasteiger partial charge in [0.25, 0.3) is 0 Å². The molecule has 0 spiro atoms. The molecular formula is C9H20N4O2. The smallest absolute Gasteiger partial charge is 0.322 e. The van der Waals surface area contributed by atoms with Gasteiger partial charge in [-0.3, -0.25) is 9.79 Å². The standard InChI is InChI=1S/C9H20N4O2/c1-2-6-15-8(14)7(10)4-3-5-13-9(11)12/h7H,2-6,10H2,1H3,(H4,11,12,13)/t7-/m0/s1. The Balaban J connectivity index is 3.59. The van der Waals surface area contributed by atoms with E-state index in [4.69, 9.17) is 21.9 Å². The zero-order valence-electron chi connectivity index (χ0n) is 9.11. The number of carbonyl (C=O) groups is 1. The highest BCUT2D eigenvalue weighted by atomic mass is 16.5. The van der Waals surface area contributed by atoms with Crippen LogP contribution >= 0.6 is 0 Å². The molecule has 0 unspecified atom stereocenters. The van der Waals surface area contributed by atoms with E-state index in [-0.39, 0.29) is 11.9 Å². The van der Waals surface area contributed by atoms with Gasteiger partial charge in [-0.25, -0.2) is 0 Å². The fourth-order valence-corrected chi connectivity index (χ4v) is 0.947. The molecule has 0 aliphatic carbocycles. The maximum atomic E-state index is 11.2. The summed E-state index contributed by atoms with van der Waals surface area (Å²) in [6.45, 7) is 2.83. The molecule has 6 nitrogen and oxygen atoms in total. The van der Waals surface area contributed by atoms with Gasteiger partial charge < -0.3 is 21.9 Å². The minimum atomic E-state index is -0.578. The molecule has 0 saturated heterocycles. The summed E-state index contributed by atoms with van der Waals surface area (Å²) in [4.78, 5) is 15.0. The molecule has 6 N–H and O–H groups in total. The minimum absolute atomic E-state index is 0.0529. The third kappa shape index (κ3) is 7.75. The summed E-state index contributed by atoms with van der Waals surface area (Å²) in [6, 6.07) is -0.578. The van der Waals surface area contributed by atoms with Crippen LogP contribution in [0.5, 0.6) is 0 Å². The van der Waals surface area contributed by atoms with Crippen LogP contribution in [0.3, 0.4) is 0 Å². The van der Waals surface area contributed by atoms with Gasteiger partial charge in [-0.05, 0) is 19.3 Å². The first-order chi connectivity index (χ1) is 7.07. The summed E-state index contributed by atoms with van der Waals surface area (Å²) in [5.74, 6) is -0.307. The highest BCUT2D eigenvalue weighted by molar-refractivity contribution is 5.76. The Morgan fingerprint density at radius 2 is 2.13 bits per heavy atom. The van der Waals surface area contributed by atoms with E-state index in [1.54, 1.807) is 0 Å². The van der Waals surface area contributed by atoms with Crippen LogP contribution in [-0.2, 0) is 9.53 Å². The molecular weight excluding hydrogens is 196 g/mol. The van der Waals surface area contributed by atoms with E-state index in [0.29, 0.717) is 26.0 Å². The first-order valence-corrected chi connectivity index (χ1v) is 5.05. The van der Waals surface area contributed by atoms with E-state index in [0.717, 1.165) is 6.42 Å². The molecule has 0 saturated carbocycles. The van der Waals surface area contributed by atoms with Crippen LogP contribution in [-0.4, -0.2) is 31.1 Å². The van der Waals surface area contributed by atoms with Crippen molar-refractivity contribution in [1.82, 2.24) is 0 Å². The summed E-state index contributed by atoms with van der Waals surface area (Å²) >= 11 is 0. The van der Waals surface area contributed by atoms with Crippen molar-refractivity contribution in [3.63, 3.8) is 0 Å². The average molecular weight is 216 g/mol. The van der Waals surface area contributed by atoms with E-state index in [9.17, 15) is 4.79 Å². The SMILES string of the molecule is CCCOC(=O)[C@@H](N)CCCN=C(N)N. The van der Waals surface area contributed by atoms with Crippen LogP contribution in [0, 0.1) is 0 Å². The number of ether oxygens (including phenoxy) is 1. The van der Waals surface area contributed by atoms with Crippen molar-refractivity contribution < 1.29 is 9.53 Å². The predicted molar refractivity (Wildman–Crippen MR) is 59.1 cm³/mol. The van der Waals surface area contributed by atoms with Gasteiger partial charge in [0.15, 0.2) is 5.96 Å². The van der Waals surface area contributed by atoms with Gasteiger partial charge in [-0.2, -0.15) is 0 Å². The number of aliphatic imine (C=N–C) groups is 1. The minimum Gasteiger partial charge on any atom is -0.465 e. The summed E-state index contributed by atoms with van der Waals surface area (Å²) in [5.41, 5.74) is 15.9. The lowest BCUT2D eigenvalue weighted by molar-refractivity contribution is -0.145. The Bertz CT molecular complexity index is 214. The molecule has 0 rings (SSSR count). The molecule has 0 aliphatic heterocycles. The molecule has 0 aromatic rings. The van der Waals surface area contributed by atoms with Crippen molar-refractivity contribution >= 4 is 11.9 Å². The van der Waals surface area contributed by atoms with E-state index in [1.165, 1.54) is 0 Å². The van der Waals surface area contributed by atoms with Gasteiger partial charge in [-0.1, -0.05) is 6.92 Å². The zero-order chi connectivity index (χ0) is 11.7. The number of hydrogen-bond donors (Lipinski definition) is 3. The van der Waals surface area contributed by atoms with E-state index in [2.05, 4.69) is 4.99 Å². The Labute approximate surface area is 89.8 Å². The van der Waals surface area contributed by atoms with E-state index < -0.39 is 6.04 Å². The third-order valence-electron chi connectivity index (χ3n) is 1.72. The summed E-state index contributed by atoms with van der Waals surface area (Å²) in [6.07, 6.45) is 1.99. The van der Waals surface area contributed by atoms with Crippen molar-refractivity contribution in [1.29, 1.82) is 0 Å². The molecule has 0 bridgehead atoms. The lowest BCUT2D eigenvalue weighted by Gasteiger charge is -2.09. The highest BCUT2D eigenvalue weighted by Crippen LogP contribution is 1.98. The first-order valence-electron chi connectivity index (χ1n) is 5.05. The molecule has 0 aromatic carbocycles. The fourth-order valence-electron chi connectivity index (χ4n) is 0.947. The van der Waals surface area contributed by atoms with Crippen LogP contribution < -0.4 is 17.2 Å². The van der Waals surface area contributed by atoms with Gasteiger partial charge in [0.05, 0.1) is 6.61 Å².